The topological polar surface area (TPSA) is 46.8 Å². The minimum absolute atomic E-state index is 0.457. The van der Waals surface area contributed by atoms with E-state index in [1.54, 1.807) is 17.7 Å². The third-order valence-electron chi connectivity index (χ3n) is 4.08. The number of piperidine rings is 1. The summed E-state index contributed by atoms with van der Waals surface area (Å²) in [5, 5.41) is 6.44. The van der Waals surface area contributed by atoms with Crippen LogP contribution in [0.4, 0.5) is 5.82 Å². The molecule has 1 fully saturated rings. The van der Waals surface area contributed by atoms with Gasteiger partial charge in [-0.15, -0.1) is 11.3 Å². The molecule has 0 radical (unpaired) electrons. The van der Waals surface area contributed by atoms with Crippen LogP contribution >= 0.6 is 11.3 Å². The molecule has 1 aliphatic rings. The Morgan fingerprint density at radius 3 is 3.19 bits per heavy atom. The van der Waals surface area contributed by atoms with Crippen LogP contribution in [0.5, 0.6) is 0 Å². The molecule has 108 valence electrons. The van der Waals surface area contributed by atoms with Crippen LogP contribution in [0.3, 0.4) is 0 Å². The first-order chi connectivity index (χ1) is 10.4. The Balaban J connectivity index is 1.68. The summed E-state index contributed by atoms with van der Waals surface area (Å²) in [6.45, 7) is 1.99. The summed E-state index contributed by atoms with van der Waals surface area (Å²) >= 11 is 1.73. The normalized spacial score (nSPS) is 19.2. The van der Waals surface area contributed by atoms with E-state index in [1.165, 1.54) is 24.0 Å². The van der Waals surface area contributed by atoms with E-state index >= 15 is 0 Å². The second kappa shape index (κ2) is 5.44. The maximum Gasteiger partial charge on any atom is 0.150 e. The summed E-state index contributed by atoms with van der Waals surface area (Å²) in [4.78, 5) is 11.4. The minimum atomic E-state index is 0.457. The summed E-state index contributed by atoms with van der Waals surface area (Å²) in [7, 11) is 0. The Labute approximate surface area is 127 Å². The van der Waals surface area contributed by atoms with E-state index in [2.05, 4.69) is 31.4 Å². The van der Waals surface area contributed by atoms with Crippen LogP contribution in [0.25, 0.3) is 10.2 Å². The van der Waals surface area contributed by atoms with E-state index in [1.807, 2.05) is 23.1 Å². The van der Waals surface area contributed by atoms with Gasteiger partial charge >= 0.3 is 0 Å². The quantitative estimate of drug-likeness (QED) is 0.746. The lowest BCUT2D eigenvalue weighted by Gasteiger charge is -2.36. The molecule has 3 aromatic heterocycles. The molecule has 0 saturated carbocycles. The smallest absolute Gasteiger partial charge is 0.150 e. The number of rotatable bonds is 3. The standard InChI is InChI=1S/C15H17N5S/c1-2-8-20(12(4-1)10-19-7-3-6-18-19)15-14-13(5-9-21-14)16-11-17-15/h3,5-7,9,11-12H,1-2,4,8,10H2. The van der Waals surface area contributed by atoms with Crippen molar-refractivity contribution in [3.8, 4) is 0 Å². The highest BCUT2D eigenvalue weighted by molar-refractivity contribution is 7.17. The van der Waals surface area contributed by atoms with Gasteiger partial charge in [-0.3, -0.25) is 4.68 Å². The van der Waals surface area contributed by atoms with E-state index < -0.39 is 0 Å². The summed E-state index contributed by atoms with van der Waals surface area (Å²) in [5.41, 5.74) is 1.05. The number of nitrogens with zero attached hydrogens (tertiary/aromatic N) is 5. The minimum Gasteiger partial charge on any atom is -0.350 e. The fraction of sp³-hybridized carbons (Fsp3) is 0.400. The zero-order chi connectivity index (χ0) is 14.1. The number of hydrogen-bond acceptors (Lipinski definition) is 5. The number of aromatic nitrogens is 4. The maximum absolute atomic E-state index is 4.58. The predicted octanol–water partition coefficient (Wildman–Crippen LogP) is 2.95. The average Bonchev–Trinajstić information content (AvgIpc) is 3.18. The van der Waals surface area contributed by atoms with E-state index in [4.69, 9.17) is 0 Å². The molecule has 3 aromatic rings. The molecule has 1 unspecified atom stereocenters. The highest BCUT2D eigenvalue weighted by Crippen LogP contribution is 2.32. The highest BCUT2D eigenvalue weighted by Gasteiger charge is 2.26. The molecule has 0 spiro atoms. The molecule has 4 heterocycles. The van der Waals surface area contributed by atoms with Crippen molar-refractivity contribution in [3.63, 3.8) is 0 Å². The van der Waals surface area contributed by atoms with Crippen LogP contribution in [0.2, 0.25) is 0 Å². The lowest BCUT2D eigenvalue weighted by Crippen LogP contribution is -2.42. The second-order valence-electron chi connectivity index (χ2n) is 5.40. The van der Waals surface area contributed by atoms with E-state index in [0.717, 1.165) is 24.4 Å². The molecule has 1 saturated heterocycles. The Morgan fingerprint density at radius 1 is 1.29 bits per heavy atom. The van der Waals surface area contributed by atoms with E-state index in [0.29, 0.717) is 6.04 Å². The molecule has 0 N–H and O–H groups in total. The van der Waals surface area contributed by atoms with Gasteiger partial charge in [-0.25, -0.2) is 9.97 Å². The van der Waals surface area contributed by atoms with Crippen molar-refractivity contribution in [1.82, 2.24) is 19.7 Å². The molecule has 1 aliphatic heterocycles. The molecule has 1 atom stereocenters. The largest absolute Gasteiger partial charge is 0.350 e. The molecule has 0 bridgehead atoms. The Hall–Kier alpha value is -1.95. The van der Waals surface area contributed by atoms with Gasteiger partial charge in [0.15, 0.2) is 0 Å². The molecule has 0 amide bonds. The van der Waals surface area contributed by atoms with Crippen molar-refractivity contribution < 1.29 is 0 Å². The van der Waals surface area contributed by atoms with Crippen LogP contribution in [0.1, 0.15) is 19.3 Å². The second-order valence-corrected chi connectivity index (χ2v) is 6.32. The van der Waals surface area contributed by atoms with Crippen molar-refractivity contribution in [1.29, 1.82) is 0 Å². The van der Waals surface area contributed by atoms with Gasteiger partial charge in [-0.05, 0) is 36.8 Å². The van der Waals surface area contributed by atoms with Crippen molar-refractivity contribution in [2.75, 3.05) is 11.4 Å². The zero-order valence-electron chi connectivity index (χ0n) is 11.7. The van der Waals surface area contributed by atoms with Gasteiger partial charge < -0.3 is 4.90 Å². The predicted molar refractivity (Wildman–Crippen MR) is 84.6 cm³/mol. The SMILES string of the molecule is c1cnn(CC2CCCCN2c2ncnc3ccsc23)c1. The first-order valence-electron chi connectivity index (χ1n) is 7.34. The van der Waals surface area contributed by atoms with E-state index in [9.17, 15) is 0 Å². The van der Waals surface area contributed by atoms with Crippen molar-refractivity contribution in [2.24, 2.45) is 0 Å². The lowest BCUT2D eigenvalue weighted by molar-refractivity contribution is 0.397. The van der Waals surface area contributed by atoms with E-state index in [-0.39, 0.29) is 0 Å². The Bertz CT molecular complexity index is 721. The first kappa shape index (κ1) is 12.8. The zero-order valence-corrected chi connectivity index (χ0v) is 12.5. The van der Waals surface area contributed by atoms with Crippen LogP contribution in [0, 0.1) is 0 Å². The van der Waals surface area contributed by atoms with Gasteiger partial charge in [-0.2, -0.15) is 5.10 Å². The molecule has 0 aliphatic carbocycles. The summed E-state index contributed by atoms with van der Waals surface area (Å²) in [6.07, 6.45) is 9.26. The fourth-order valence-electron chi connectivity index (χ4n) is 3.07. The summed E-state index contributed by atoms with van der Waals surface area (Å²) in [5.74, 6) is 1.09. The van der Waals surface area contributed by atoms with Crippen LogP contribution in [0.15, 0.2) is 36.2 Å². The Morgan fingerprint density at radius 2 is 2.29 bits per heavy atom. The Kier molecular flexibility index (Phi) is 3.31. The molecule has 5 nitrogen and oxygen atoms in total. The third kappa shape index (κ3) is 2.40. The summed E-state index contributed by atoms with van der Waals surface area (Å²) < 4.78 is 3.22. The van der Waals surface area contributed by atoms with Gasteiger partial charge in [0.2, 0.25) is 0 Å². The lowest BCUT2D eigenvalue weighted by atomic mass is 10.0. The molecular formula is C15H17N5S. The molecule has 21 heavy (non-hydrogen) atoms. The highest BCUT2D eigenvalue weighted by atomic mass is 32.1. The number of thiophene rings is 1. The maximum atomic E-state index is 4.58. The van der Waals surface area contributed by atoms with Gasteiger partial charge in [0.25, 0.3) is 0 Å². The van der Waals surface area contributed by atoms with Gasteiger partial charge in [-0.1, -0.05) is 0 Å². The molecule has 4 rings (SSSR count). The average molecular weight is 299 g/mol. The van der Waals surface area contributed by atoms with Crippen LogP contribution in [-0.4, -0.2) is 32.3 Å². The van der Waals surface area contributed by atoms with Gasteiger partial charge in [0.1, 0.15) is 12.1 Å². The number of anilines is 1. The van der Waals surface area contributed by atoms with Crippen molar-refractivity contribution in [3.05, 3.63) is 36.2 Å². The third-order valence-corrected chi connectivity index (χ3v) is 4.98. The van der Waals surface area contributed by atoms with Gasteiger partial charge in [0, 0.05) is 18.9 Å². The van der Waals surface area contributed by atoms with Crippen LogP contribution in [-0.2, 0) is 6.54 Å². The molecule has 6 heteroatoms. The van der Waals surface area contributed by atoms with Crippen molar-refractivity contribution >= 4 is 27.4 Å². The number of fused-ring (bicyclic) bond motifs is 1. The molecular weight excluding hydrogens is 282 g/mol. The monoisotopic (exact) mass is 299 g/mol. The first-order valence-corrected chi connectivity index (χ1v) is 8.22. The fourth-order valence-corrected chi connectivity index (χ4v) is 3.92. The summed E-state index contributed by atoms with van der Waals surface area (Å²) in [6, 6.07) is 4.51. The van der Waals surface area contributed by atoms with Crippen molar-refractivity contribution in [2.45, 2.75) is 31.8 Å². The molecule has 0 aromatic carbocycles. The van der Waals surface area contributed by atoms with Crippen LogP contribution < -0.4 is 4.90 Å². The van der Waals surface area contributed by atoms with Gasteiger partial charge in [0.05, 0.1) is 22.8 Å². The number of hydrogen-bond donors (Lipinski definition) is 0.